The van der Waals surface area contributed by atoms with Gasteiger partial charge in [0.05, 0.1) is 18.3 Å². The normalized spacial score (nSPS) is 17.7. The molecule has 2 atom stereocenters. The number of ether oxygens (including phenoxy) is 3. The Morgan fingerprint density at radius 1 is 0.814 bits per heavy atom. The van der Waals surface area contributed by atoms with E-state index in [1.54, 1.807) is 0 Å². The second-order valence-electron chi connectivity index (χ2n) is 9.56. The minimum absolute atomic E-state index is 0.0794. The van der Waals surface area contributed by atoms with Crippen molar-refractivity contribution in [2.24, 2.45) is 5.92 Å². The van der Waals surface area contributed by atoms with Gasteiger partial charge in [-0.25, -0.2) is 35.9 Å². The highest BCUT2D eigenvalue weighted by Gasteiger charge is 2.49. The van der Waals surface area contributed by atoms with Gasteiger partial charge in [-0.2, -0.15) is 8.78 Å². The number of alkyl halides is 5. The molecule has 1 aliphatic heterocycles. The molecule has 0 spiro atoms. The minimum Gasteiger partial charge on any atom is -0.423 e. The lowest BCUT2D eigenvalue weighted by atomic mass is 9.92. The third-order valence-corrected chi connectivity index (χ3v) is 6.68. The Morgan fingerprint density at radius 3 is 1.84 bits per heavy atom. The maximum atomic E-state index is 14.8. The summed E-state index contributed by atoms with van der Waals surface area (Å²) < 4.78 is 164. The number of carbonyl (C=O) groups is 1. The van der Waals surface area contributed by atoms with E-state index in [1.165, 1.54) is 0 Å². The van der Waals surface area contributed by atoms with Gasteiger partial charge in [-0.1, -0.05) is 13.3 Å². The van der Waals surface area contributed by atoms with Crippen LogP contribution in [-0.4, -0.2) is 18.9 Å². The molecular formula is C28H19F11O4. The van der Waals surface area contributed by atoms with Gasteiger partial charge in [-0.15, -0.1) is 13.2 Å². The van der Waals surface area contributed by atoms with E-state index in [0.717, 1.165) is 25.0 Å². The summed E-state index contributed by atoms with van der Waals surface area (Å²) in [5.74, 6) is -13.1. The van der Waals surface area contributed by atoms with E-state index in [9.17, 15) is 53.1 Å². The molecule has 0 bridgehead atoms. The Labute approximate surface area is 236 Å². The predicted molar refractivity (Wildman–Crippen MR) is 126 cm³/mol. The first-order chi connectivity index (χ1) is 20.0. The predicted octanol–water partition coefficient (Wildman–Crippen LogP) is 8.87. The minimum atomic E-state index is -6.00. The third kappa shape index (κ3) is 7.09. The summed E-state index contributed by atoms with van der Waals surface area (Å²) >= 11 is 0. The zero-order chi connectivity index (χ0) is 31.9. The van der Waals surface area contributed by atoms with Gasteiger partial charge in [0.1, 0.15) is 51.8 Å². The average molecular weight is 628 g/mol. The van der Waals surface area contributed by atoms with E-state index in [0.29, 0.717) is 18.9 Å². The third-order valence-electron chi connectivity index (χ3n) is 6.68. The fourth-order valence-electron chi connectivity index (χ4n) is 4.60. The Kier molecular flexibility index (Phi) is 9.07. The first-order valence-electron chi connectivity index (χ1n) is 12.5. The van der Waals surface area contributed by atoms with E-state index in [1.807, 2.05) is 6.92 Å². The number of hydrogen-bond acceptors (Lipinski definition) is 4. The number of hydrogen-bond donors (Lipinski definition) is 0. The van der Waals surface area contributed by atoms with E-state index >= 15 is 0 Å². The molecule has 0 N–H and O–H groups in total. The molecular weight excluding hydrogens is 609 g/mol. The van der Waals surface area contributed by atoms with Crippen LogP contribution in [0.1, 0.15) is 53.8 Å². The van der Waals surface area contributed by atoms with Crippen molar-refractivity contribution in [2.45, 2.75) is 44.8 Å². The molecule has 0 aliphatic carbocycles. The molecule has 0 aromatic heterocycles. The van der Waals surface area contributed by atoms with Crippen LogP contribution < -0.4 is 4.74 Å². The van der Waals surface area contributed by atoms with Crippen LogP contribution in [-0.2, 0) is 15.6 Å². The summed E-state index contributed by atoms with van der Waals surface area (Å²) in [7, 11) is 0. The maximum absolute atomic E-state index is 14.8. The van der Waals surface area contributed by atoms with Crippen molar-refractivity contribution in [3.05, 3.63) is 88.0 Å². The second-order valence-corrected chi connectivity index (χ2v) is 9.56. The van der Waals surface area contributed by atoms with Gasteiger partial charge in [0.2, 0.25) is 0 Å². The molecule has 15 heteroatoms. The summed E-state index contributed by atoms with van der Waals surface area (Å²) in [6, 6.07) is 2.12. The van der Waals surface area contributed by atoms with Crippen LogP contribution in [0, 0.1) is 40.8 Å². The molecule has 3 aromatic carbocycles. The van der Waals surface area contributed by atoms with Crippen LogP contribution in [0.3, 0.4) is 0 Å². The smallest absolute Gasteiger partial charge is 0.423 e. The quantitative estimate of drug-likeness (QED) is 0.149. The lowest BCUT2D eigenvalue weighted by Gasteiger charge is -2.28. The first kappa shape index (κ1) is 32.2. The molecule has 0 amide bonds. The SMILES string of the molecule is CCC1CCC(c2cc(F)c(C(=O)Oc3cc(F)c(-c4cc(F)c(C(F)(F)OC(F)(F)F)c(F)c4)c(F)c3)c(F)c2)OC1. The number of rotatable bonds is 7. The first-order valence-corrected chi connectivity index (χ1v) is 12.5. The summed E-state index contributed by atoms with van der Waals surface area (Å²) in [6.07, 6.45) is -10.1. The van der Waals surface area contributed by atoms with Crippen molar-refractivity contribution in [2.75, 3.05) is 6.61 Å². The number of carbonyl (C=O) groups excluding carboxylic acids is 1. The molecule has 1 aliphatic rings. The van der Waals surface area contributed by atoms with E-state index in [-0.39, 0.29) is 29.8 Å². The Morgan fingerprint density at radius 2 is 1.37 bits per heavy atom. The lowest BCUT2D eigenvalue weighted by molar-refractivity contribution is -0.432. The van der Waals surface area contributed by atoms with Crippen LogP contribution >= 0.6 is 0 Å². The zero-order valence-electron chi connectivity index (χ0n) is 21.7. The van der Waals surface area contributed by atoms with Crippen LogP contribution in [0.15, 0.2) is 36.4 Å². The summed E-state index contributed by atoms with van der Waals surface area (Å²) in [5, 5.41) is 0. The van der Waals surface area contributed by atoms with Crippen molar-refractivity contribution < 1.29 is 67.3 Å². The highest BCUT2D eigenvalue weighted by atomic mass is 19.4. The highest BCUT2D eigenvalue weighted by Crippen LogP contribution is 2.41. The second kappa shape index (κ2) is 12.1. The molecule has 232 valence electrons. The van der Waals surface area contributed by atoms with Gasteiger partial charge in [-0.05, 0) is 54.2 Å². The van der Waals surface area contributed by atoms with Crippen LogP contribution in [0.5, 0.6) is 5.75 Å². The number of benzene rings is 3. The lowest BCUT2D eigenvalue weighted by Crippen LogP contribution is -2.29. The fraction of sp³-hybridized carbons (Fsp3) is 0.321. The molecule has 0 saturated carbocycles. The van der Waals surface area contributed by atoms with E-state index in [4.69, 9.17) is 4.74 Å². The summed E-state index contributed by atoms with van der Waals surface area (Å²) in [5.41, 5.74) is -5.88. The van der Waals surface area contributed by atoms with Gasteiger partial charge >= 0.3 is 18.4 Å². The Hall–Kier alpha value is -3.72. The van der Waals surface area contributed by atoms with Crippen molar-refractivity contribution >= 4 is 5.97 Å². The van der Waals surface area contributed by atoms with Crippen molar-refractivity contribution in [1.29, 1.82) is 0 Å². The van der Waals surface area contributed by atoms with Gasteiger partial charge in [0.15, 0.2) is 0 Å². The van der Waals surface area contributed by atoms with Crippen LogP contribution in [0.25, 0.3) is 11.1 Å². The number of esters is 1. The maximum Gasteiger partial charge on any atom is 0.527 e. The molecule has 4 rings (SSSR count). The largest absolute Gasteiger partial charge is 0.527 e. The fourth-order valence-corrected chi connectivity index (χ4v) is 4.60. The van der Waals surface area contributed by atoms with Gasteiger partial charge in [0.25, 0.3) is 0 Å². The van der Waals surface area contributed by atoms with Crippen LogP contribution in [0.2, 0.25) is 0 Å². The monoisotopic (exact) mass is 628 g/mol. The zero-order valence-corrected chi connectivity index (χ0v) is 21.7. The molecule has 1 fully saturated rings. The van der Waals surface area contributed by atoms with Crippen molar-refractivity contribution in [3.63, 3.8) is 0 Å². The molecule has 4 nitrogen and oxygen atoms in total. The van der Waals surface area contributed by atoms with Gasteiger partial charge in [-0.3, -0.25) is 0 Å². The summed E-state index contributed by atoms with van der Waals surface area (Å²) in [4.78, 5) is 12.5. The molecule has 0 radical (unpaired) electrons. The van der Waals surface area contributed by atoms with E-state index in [2.05, 4.69) is 9.47 Å². The molecule has 1 heterocycles. The van der Waals surface area contributed by atoms with Gasteiger partial charge in [0, 0.05) is 12.1 Å². The molecule has 2 unspecified atom stereocenters. The molecule has 1 saturated heterocycles. The molecule has 43 heavy (non-hydrogen) atoms. The van der Waals surface area contributed by atoms with Gasteiger partial charge < -0.3 is 9.47 Å². The van der Waals surface area contributed by atoms with Crippen molar-refractivity contribution in [3.8, 4) is 16.9 Å². The topological polar surface area (TPSA) is 44.8 Å². The van der Waals surface area contributed by atoms with E-state index < -0.39 is 87.5 Å². The van der Waals surface area contributed by atoms with Crippen LogP contribution in [0.4, 0.5) is 48.3 Å². The average Bonchev–Trinajstić information content (AvgIpc) is 2.86. The molecule has 3 aromatic rings. The highest BCUT2D eigenvalue weighted by molar-refractivity contribution is 5.91. The Balaban J connectivity index is 1.57. The number of halogens is 11. The Bertz CT molecular complexity index is 1460. The summed E-state index contributed by atoms with van der Waals surface area (Å²) in [6.45, 7) is 2.35. The standard InChI is InChI=1S/C28H19F11O4/c1-2-12-3-4-22(41-11-12)13-5-16(29)24(17(30)6-13)26(40)42-15-9-18(31)23(19(32)10-15)14-7-20(33)25(21(34)8-14)27(35,36)43-28(37,38)39/h5-10,12,22H,2-4,11H2,1H3. The van der Waals surface area contributed by atoms with Crippen molar-refractivity contribution in [1.82, 2.24) is 0 Å².